The van der Waals surface area contributed by atoms with Crippen LogP contribution in [0.1, 0.15) is 11.6 Å². The van der Waals surface area contributed by atoms with Gasteiger partial charge in [-0.2, -0.15) is 0 Å². The molecule has 0 heterocycles. The van der Waals surface area contributed by atoms with Gasteiger partial charge in [0.1, 0.15) is 12.6 Å². The van der Waals surface area contributed by atoms with Crippen molar-refractivity contribution in [1.82, 2.24) is 0 Å². The summed E-state index contributed by atoms with van der Waals surface area (Å²) in [6.07, 6.45) is 0. The lowest BCUT2D eigenvalue weighted by Crippen LogP contribution is -2.27. The summed E-state index contributed by atoms with van der Waals surface area (Å²) in [4.78, 5) is 11.8. The Morgan fingerprint density at radius 1 is 1.08 bits per heavy atom. The second-order valence-electron chi connectivity index (χ2n) is 5.10. The van der Waals surface area contributed by atoms with Crippen LogP contribution in [-0.2, 0) is 9.53 Å². The molecule has 1 atom stereocenters. The second kappa shape index (κ2) is 8.79. The van der Waals surface area contributed by atoms with Gasteiger partial charge in [-0.25, -0.2) is 0 Å². The van der Waals surface area contributed by atoms with Crippen LogP contribution in [0.5, 0.6) is 11.5 Å². The number of rotatable bonds is 9. The van der Waals surface area contributed by atoms with E-state index in [9.17, 15) is 4.79 Å². The Labute approximate surface area is 141 Å². The highest BCUT2D eigenvalue weighted by Crippen LogP contribution is 2.31. The smallest absolute Gasteiger partial charge is 0.244 e. The minimum absolute atomic E-state index is 0.397. The molecule has 0 spiro atoms. The number of hydrogen-bond donors (Lipinski definition) is 2. The number of amides is 1. The third-order valence-corrected chi connectivity index (χ3v) is 3.44. The van der Waals surface area contributed by atoms with Crippen molar-refractivity contribution < 1.29 is 19.0 Å². The molecule has 2 aromatic carbocycles. The first-order valence-corrected chi connectivity index (χ1v) is 7.56. The van der Waals surface area contributed by atoms with Crippen LogP contribution in [-0.4, -0.2) is 33.3 Å². The number of nitrogens with two attached hydrogens (primary N) is 1. The van der Waals surface area contributed by atoms with Gasteiger partial charge in [-0.15, -0.1) is 0 Å². The van der Waals surface area contributed by atoms with Gasteiger partial charge in [-0.05, 0) is 17.7 Å². The molecule has 1 amide bonds. The highest BCUT2D eigenvalue weighted by Gasteiger charge is 2.18. The number of carbonyl (C=O) groups excluding carboxylic acids is 1. The van der Waals surface area contributed by atoms with Crippen LogP contribution in [0.2, 0.25) is 0 Å². The molecule has 6 heteroatoms. The predicted molar refractivity (Wildman–Crippen MR) is 92.4 cm³/mol. The minimum atomic E-state index is -0.633. The Bertz CT molecular complexity index is 661. The molecule has 0 fully saturated rings. The molecular weight excluding hydrogens is 308 g/mol. The van der Waals surface area contributed by atoms with Crippen LogP contribution in [0.15, 0.2) is 48.5 Å². The Morgan fingerprint density at radius 2 is 1.83 bits per heavy atom. The van der Waals surface area contributed by atoms with Gasteiger partial charge in [-0.3, -0.25) is 4.79 Å². The van der Waals surface area contributed by atoms with Crippen LogP contribution in [0.25, 0.3) is 0 Å². The Morgan fingerprint density at radius 3 is 2.46 bits per heavy atom. The van der Waals surface area contributed by atoms with Gasteiger partial charge in [0.15, 0.2) is 11.5 Å². The quantitative estimate of drug-likeness (QED) is 0.690. The highest BCUT2D eigenvalue weighted by molar-refractivity contribution is 5.84. The summed E-state index contributed by atoms with van der Waals surface area (Å²) in [5, 5.41) is 3.14. The predicted octanol–water partition coefficient (Wildman–Crippen LogP) is 2.36. The maximum atomic E-state index is 11.8. The molecule has 0 aliphatic carbocycles. The molecule has 0 aliphatic heterocycles. The number of primary amides is 1. The van der Waals surface area contributed by atoms with Gasteiger partial charge in [0.2, 0.25) is 5.91 Å². The number of nitrogens with one attached hydrogen (secondary N) is 1. The fourth-order valence-electron chi connectivity index (χ4n) is 2.25. The standard InChI is InChI=1S/C18H22N2O4/c1-22-10-11-24-16-12-14(8-9-15(16)23-2)20-17(18(19)21)13-6-4-3-5-7-13/h3-9,12,17,20H,10-11H2,1-2H3,(H2,19,21)/t17-/m0/s1. The third kappa shape index (κ3) is 4.63. The maximum Gasteiger partial charge on any atom is 0.244 e. The molecule has 128 valence electrons. The Hall–Kier alpha value is -2.73. The summed E-state index contributed by atoms with van der Waals surface area (Å²) < 4.78 is 15.9. The van der Waals surface area contributed by atoms with Crippen molar-refractivity contribution in [3.8, 4) is 11.5 Å². The van der Waals surface area contributed by atoms with Crippen LogP contribution in [0.3, 0.4) is 0 Å². The van der Waals surface area contributed by atoms with Gasteiger partial charge in [0, 0.05) is 18.9 Å². The van der Waals surface area contributed by atoms with Crippen molar-refractivity contribution in [3.63, 3.8) is 0 Å². The molecule has 0 saturated heterocycles. The molecule has 24 heavy (non-hydrogen) atoms. The number of anilines is 1. The van der Waals surface area contributed by atoms with Crippen molar-refractivity contribution in [3.05, 3.63) is 54.1 Å². The van der Waals surface area contributed by atoms with E-state index in [4.69, 9.17) is 19.9 Å². The van der Waals surface area contributed by atoms with Crippen LogP contribution < -0.4 is 20.5 Å². The Balaban J connectivity index is 2.20. The summed E-state index contributed by atoms with van der Waals surface area (Å²) in [7, 11) is 3.18. The Kier molecular flexibility index (Phi) is 6.45. The van der Waals surface area contributed by atoms with E-state index in [1.807, 2.05) is 30.3 Å². The van der Waals surface area contributed by atoms with Gasteiger partial charge in [0.05, 0.1) is 13.7 Å². The van der Waals surface area contributed by atoms with E-state index >= 15 is 0 Å². The molecule has 0 aromatic heterocycles. The van der Waals surface area contributed by atoms with Gasteiger partial charge in [-0.1, -0.05) is 30.3 Å². The van der Waals surface area contributed by atoms with E-state index in [2.05, 4.69) is 5.32 Å². The van der Waals surface area contributed by atoms with Crippen LogP contribution in [0.4, 0.5) is 5.69 Å². The summed E-state index contributed by atoms with van der Waals surface area (Å²) in [5.74, 6) is 0.710. The molecule has 0 unspecified atom stereocenters. The molecule has 2 rings (SSSR count). The topological polar surface area (TPSA) is 82.8 Å². The van der Waals surface area contributed by atoms with Crippen molar-refractivity contribution in [2.75, 3.05) is 32.8 Å². The maximum absolute atomic E-state index is 11.8. The van der Waals surface area contributed by atoms with E-state index in [1.54, 1.807) is 32.4 Å². The number of carbonyl (C=O) groups is 1. The van der Waals surface area contributed by atoms with Crippen molar-refractivity contribution in [2.24, 2.45) is 5.73 Å². The van der Waals surface area contributed by atoms with Gasteiger partial charge < -0.3 is 25.3 Å². The lowest BCUT2D eigenvalue weighted by molar-refractivity contribution is -0.118. The summed E-state index contributed by atoms with van der Waals surface area (Å²) >= 11 is 0. The van der Waals surface area contributed by atoms with E-state index in [0.717, 1.165) is 5.56 Å². The fraction of sp³-hybridized carbons (Fsp3) is 0.278. The SMILES string of the molecule is COCCOc1cc(N[C@H](C(N)=O)c2ccccc2)ccc1OC. The zero-order valence-electron chi connectivity index (χ0n) is 13.8. The third-order valence-electron chi connectivity index (χ3n) is 3.44. The number of benzene rings is 2. The number of hydrogen-bond acceptors (Lipinski definition) is 5. The highest BCUT2D eigenvalue weighted by atomic mass is 16.5. The first-order chi connectivity index (χ1) is 11.7. The molecule has 0 bridgehead atoms. The first-order valence-electron chi connectivity index (χ1n) is 7.56. The molecule has 2 aromatic rings. The fourth-order valence-corrected chi connectivity index (χ4v) is 2.25. The molecular formula is C18H22N2O4. The average Bonchev–Trinajstić information content (AvgIpc) is 2.60. The molecule has 3 N–H and O–H groups in total. The van der Waals surface area contributed by atoms with Crippen molar-refractivity contribution in [1.29, 1.82) is 0 Å². The van der Waals surface area contributed by atoms with E-state index in [0.29, 0.717) is 30.4 Å². The largest absolute Gasteiger partial charge is 0.493 e. The summed E-state index contributed by atoms with van der Waals surface area (Å²) in [6.45, 7) is 0.864. The molecule has 0 saturated carbocycles. The molecule has 0 radical (unpaired) electrons. The van der Waals surface area contributed by atoms with Crippen molar-refractivity contribution in [2.45, 2.75) is 6.04 Å². The lowest BCUT2D eigenvalue weighted by atomic mass is 10.1. The van der Waals surface area contributed by atoms with E-state index in [-0.39, 0.29) is 0 Å². The first kappa shape index (κ1) is 17.6. The number of methoxy groups -OCH3 is 2. The minimum Gasteiger partial charge on any atom is -0.493 e. The van der Waals surface area contributed by atoms with E-state index in [1.165, 1.54) is 0 Å². The van der Waals surface area contributed by atoms with Gasteiger partial charge in [0.25, 0.3) is 0 Å². The van der Waals surface area contributed by atoms with Crippen molar-refractivity contribution >= 4 is 11.6 Å². The average molecular weight is 330 g/mol. The van der Waals surface area contributed by atoms with E-state index < -0.39 is 11.9 Å². The zero-order chi connectivity index (χ0) is 17.4. The zero-order valence-corrected chi connectivity index (χ0v) is 13.8. The second-order valence-corrected chi connectivity index (χ2v) is 5.10. The lowest BCUT2D eigenvalue weighted by Gasteiger charge is -2.18. The normalized spacial score (nSPS) is 11.6. The summed E-state index contributed by atoms with van der Waals surface area (Å²) in [6, 6.07) is 14.0. The van der Waals surface area contributed by atoms with Crippen LogP contribution in [0, 0.1) is 0 Å². The van der Waals surface area contributed by atoms with Crippen LogP contribution >= 0.6 is 0 Å². The monoisotopic (exact) mass is 330 g/mol. The van der Waals surface area contributed by atoms with Gasteiger partial charge >= 0.3 is 0 Å². The summed E-state index contributed by atoms with van der Waals surface area (Å²) in [5.41, 5.74) is 7.03. The molecule has 6 nitrogen and oxygen atoms in total. The number of ether oxygens (including phenoxy) is 3. The molecule has 0 aliphatic rings.